The Morgan fingerprint density at radius 3 is 2.46 bits per heavy atom. The van der Waals surface area contributed by atoms with Gasteiger partial charge in [-0.3, -0.25) is 0 Å². The van der Waals surface area contributed by atoms with E-state index in [1.54, 1.807) is 0 Å². The van der Waals surface area contributed by atoms with Gasteiger partial charge in [-0.1, -0.05) is 19.1 Å². The minimum Gasteiger partial charge on any atom is -0.459 e. The normalized spacial score (nSPS) is 8.77. The third-order valence-electron chi connectivity index (χ3n) is 0.976. The molecule has 68 valence electrons. The molecule has 0 atom stereocenters. The van der Waals surface area contributed by atoms with Crippen molar-refractivity contribution in [1.82, 2.24) is 0 Å². The van der Waals surface area contributed by atoms with E-state index < -0.39 is 11.8 Å². The molecule has 0 aromatic heterocycles. The van der Waals surface area contributed by atoms with Gasteiger partial charge in [0.2, 0.25) is 0 Å². The third-order valence-corrected chi connectivity index (χ3v) is 0.976. The summed E-state index contributed by atoms with van der Waals surface area (Å²) in [5, 5.41) is 0. The maximum atomic E-state index is 12.1. The molecule has 0 N–H and O–H groups in total. The predicted octanol–water partition coefficient (Wildman–Crippen LogP) is 1.76. The van der Waals surface area contributed by atoms with Crippen LogP contribution in [-0.2, 0) is 9.53 Å². The van der Waals surface area contributed by atoms with Crippen LogP contribution in [0.2, 0.25) is 0 Å². The van der Waals surface area contributed by atoms with E-state index in [-0.39, 0.29) is 0 Å². The maximum absolute atomic E-state index is 12.1. The summed E-state index contributed by atoms with van der Waals surface area (Å²) in [6.07, 6.45) is 2.42. The number of hydrogen-bond acceptors (Lipinski definition) is 2. The standard InChI is InChI=1S/C10H9FO2/c1-8(4-6-9(2)11)5-7-10(12)13-3/h4,6H,1-2H2,3H3/b6-4-. The van der Waals surface area contributed by atoms with E-state index in [4.69, 9.17) is 0 Å². The quantitative estimate of drug-likeness (QED) is 0.280. The number of allylic oxidation sites excluding steroid dienone is 4. The highest BCUT2D eigenvalue weighted by Gasteiger charge is 1.88. The number of halogens is 1. The molecule has 13 heavy (non-hydrogen) atoms. The fourth-order valence-corrected chi connectivity index (χ4v) is 0.415. The zero-order valence-corrected chi connectivity index (χ0v) is 7.26. The average Bonchev–Trinajstić information content (AvgIpc) is 2.10. The van der Waals surface area contributed by atoms with Crippen LogP contribution in [0.25, 0.3) is 0 Å². The highest BCUT2D eigenvalue weighted by molar-refractivity contribution is 5.89. The Morgan fingerprint density at radius 1 is 1.38 bits per heavy atom. The van der Waals surface area contributed by atoms with E-state index in [9.17, 15) is 9.18 Å². The molecule has 0 bridgehead atoms. The predicted molar refractivity (Wildman–Crippen MR) is 48.3 cm³/mol. The van der Waals surface area contributed by atoms with Gasteiger partial charge in [0.25, 0.3) is 0 Å². The highest BCUT2D eigenvalue weighted by Crippen LogP contribution is 1.97. The first-order valence-corrected chi connectivity index (χ1v) is 3.37. The van der Waals surface area contributed by atoms with Gasteiger partial charge in [-0.2, -0.15) is 0 Å². The summed E-state index contributed by atoms with van der Waals surface area (Å²) < 4.78 is 16.3. The van der Waals surface area contributed by atoms with Gasteiger partial charge in [0.15, 0.2) is 0 Å². The summed E-state index contributed by atoms with van der Waals surface area (Å²) in [6, 6.07) is 0. The molecule has 0 aliphatic rings. The van der Waals surface area contributed by atoms with Crippen LogP contribution >= 0.6 is 0 Å². The van der Waals surface area contributed by atoms with Crippen LogP contribution in [0, 0.1) is 11.8 Å². The number of esters is 1. The number of carbonyl (C=O) groups excluding carboxylic acids is 1. The molecule has 0 amide bonds. The molecule has 0 spiro atoms. The van der Waals surface area contributed by atoms with Crippen LogP contribution < -0.4 is 0 Å². The van der Waals surface area contributed by atoms with E-state index >= 15 is 0 Å². The summed E-state index contributed by atoms with van der Waals surface area (Å²) in [7, 11) is 1.22. The highest BCUT2D eigenvalue weighted by atomic mass is 19.1. The third kappa shape index (κ3) is 6.57. The molecule has 0 saturated heterocycles. The number of ether oxygens (including phenoxy) is 1. The molecule has 0 aliphatic heterocycles. The molecule has 0 heterocycles. The molecule has 0 saturated carbocycles. The first-order chi connectivity index (χ1) is 6.06. The first kappa shape index (κ1) is 11.2. The minimum absolute atomic E-state index is 0.309. The lowest BCUT2D eigenvalue weighted by molar-refractivity contribution is -0.133. The Morgan fingerprint density at radius 2 is 2.00 bits per heavy atom. The molecule has 0 aromatic carbocycles. The SMILES string of the molecule is C=C(F)/C=C\C(=C)C#CC(=O)OC. The zero-order chi connectivity index (χ0) is 10.3. The number of hydrogen-bond donors (Lipinski definition) is 0. The van der Waals surface area contributed by atoms with Crippen LogP contribution in [0.15, 0.2) is 36.7 Å². The van der Waals surface area contributed by atoms with Gasteiger partial charge >= 0.3 is 5.97 Å². The van der Waals surface area contributed by atoms with Gasteiger partial charge in [-0.05, 0) is 12.2 Å². The van der Waals surface area contributed by atoms with Crippen molar-refractivity contribution in [3.05, 3.63) is 36.7 Å². The lowest BCUT2D eigenvalue weighted by Gasteiger charge is -1.85. The Labute approximate surface area is 76.4 Å². The van der Waals surface area contributed by atoms with Gasteiger partial charge in [0.1, 0.15) is 5.83 Å². The molecule has 0 aliphatic carbocycles. The second-order valence-electron chi connectivity index (χ2n) is 2.05. The fourth-order valence-electron chi connectivity index (χ4n) is 0.415. The van der Waals surface area contributed by atoms with E-state index in [2.05, 4.69) is 29.7 Å². The zero-order valence-electron chi connectivity index (χ0n) is 7.26. The Kier molecular flexibility index (Phi) is 4.97. The lowest BCUT2D eigenvalue weighted by atomic mass is 10.3. The smallest absolute Gasteiger partial charge is 0.384 e. The van der Waals surface area contributed by atoms with Gasteiger partial charge in [-0.15, -0.1) is 0 Å². The molecule has 0 rings (SSSR count). The fraction of sp³-hybridized carbons (Fsp3) is 0.100. The maximum Gasteiger partial charge on any atom is 0.384 e. The van der Waals surface area contributed by atoms with Crippen molar-refractivity contribution in [3.8, 4) is 11.8 Å². The largest absolute Gasteiger partial charge is 0.459 e. The van der Waals surface area contributed by atoms with Crippen molar-refractivity contribution in [2.45, 2.75) is 0 Å². The second-order valence-corrected chi connectivity index (χ2v) is 2.05. The number of rotatable bonds is 2. The van der Waals surface area contributed by atoms with Crippen molar-refractivity contribution in [2.24, 2.45) is 0 Å². The molecular weight excluding hydrogens is 171 g/mol. The summed E-state index contributed by atoms with van der Waals surface area (Å²) >= 11 is 0. The monoisotopic (exact) mass is 180 g/mol. The summed E-state index contributed by atoms with van der Waals surface area (Å²) in [4.78, 5) is 10.5. The van der Waals surface area contributed by atoms with Crippen molar-refractivity contribution < 1.29 is 13.9 Å². The van der Waals surface area contributed by atoms with Gasteiger partial charge in [-0.25, -0.2) is 9.18 Å². The second kappa shape index (κ2) is 5.78. The van der Waals surface area contributed by atoms with E-state index in [1.807, 2.05) is 0 Å². The van der Waals surface area contributed by atoms with Crippen LogP contribution in [0.3, 0.4) is 0 Å². The molecule has 3 heteroatoms. The first-order valence-electron chi connectivity index (χ1n) is 3.37. The van der Waals surface area contributed by atoms with Gasteiger partial charge in [0.05, 0.1) is 7.11 Å². The van der Waals surface area contributed by atoms with Crippen molar-refractivity contribution in [3.63, 3.8) is 0 Å². The molecule has 0 fully saturated rings. The Hall–Kier alpha value is -1.82. The average molecular weight is 180 g/mol. The van der Waals surface area contributed by atoms with Crippen molar-refractivity contribution in [2.75, 3.05) is 7.11 Å². The molecule has 0 unspecified atom stereocenters. The van der Waals surface area contributed by atoms with Crippen LogP contribution in [0.1, 0.15) is 0 Å². The van der Waals surface area contributed by atoms with Crippen LogP contribution in [0.5, 0.6) is 0 Å². The van der Waals surface area contributed by atoms with Gasteiger partial charge < -0.3 is 4.74 Å². The molecule has 2 nitrogen and oxygen atoms in total. The summed E-state index contributed by atoms with van der Waals surface area (Å²) in [5.41, 5.74) is 0.309. The summed E-state index contributed by atoms with van der Waals surface area (Å²) in [5.74, 6) is 3.26. The van der Waals surface area contributed by atoms with E-state index in [0.717, 1.165) is 6.08 Å². The Balaban J connectivity index is 4.21. The van der Waals surface area contributed by atoms with E-state index in [0.29, 0.717) is 5.57 Å². The van der Waals surface area contributed by atoms with Crippen molar-refractivity contribution in [1.29, 1.82) is 0 Å². The van der Waals surface area contributed by atoms with E-state index in [1.165, 1.54) is 13.2 Å². The minimum atomic E-state index is -0.659. The van der Waals surface area contributed by atoms with Gasteiger partial charge in [0, 0.05) is 11.5 Å². The van der Waals surface area contributed by atoms with Crippen LogP contribution in [-0.4, -0.2) is 13.1 Å². The molecular formula is C10H9FO2. The van der Waals surface area contributed by atoms with Crippen molar-refractivity contribution >= 4 is 5.97 Å². The number of carbonyl (C=O) groups is 1. The van der Waals surface area contributed by atoms with Crippen LogP contribution in [0.4, 0.5) is 4.39 Å². The Bertz CT molecular complexity index is 316. The lowest BCUT2D eigenvalue weighted by Crippen LogP contribution is -1.94. The molecule has 0 aromatic rings. The number of methoxy groups -OCH3 is 1. The summed E-state index contributed by atoms with van der Waals surface area (Å²) in [6.45, 7) is 6.46. The molecule has 0 radical (unpaired) electrons. The topological polar surface area (TPSA) is 26.3 Å².